The molecule has 0 radical (unpaired) electrons. The van der Waals surface area contributed by atoms with Crippen molar-refractivity contribution < 1.29 is 9.53 Å². The van der Waals surface area contributed by atoms with Gasteiger partial charge in [-0.3, -0.25) is 4.79 Å². The average molecular weight is 206 g/mol. The van der Waals surface area contributed by atoms with Gasteiger partial charge < -0.3 is 15.8 Å². The van der Waals surface area contributed by atoms with Crippen molar-refractivity contribution in [2.45, 2.75) is 18.9 Å². The first kappa shape index (κ1) is 9.83. The van der Waals surface area contributed by atoms with Crippen LogP contribution in [0.1, 0.15) is 23.2 Å². The van der Waals surface area contributed by atoms with Gasteiger partial charge in [-0.15, -0.1) is 0 Å². The number of hydrogen-bond donors (Lipinski definition) is 2. The maximum absolute atomic E-state index is 11.7. The molecule has 0 atom stereocenters. The minimum atomic E-state index is -0.0994. The fourth-order valence-electron chi connectivity index (χ4n) is 1.37. The summed E-state index contributed by atoms with van der Waals surface area (Å²) >= 11 is 0. The van der Waals surface area contributed by atoms with E-state index in [0.29, 0.717) is 23.0 Å². The number of nitrogen functional groups attached to an aromatic ring is 1. The Morgan fingerprint density at radius 2 is 2.27 bits per heavy atom. The second-order valence-electron chi connectivity index (χ2n) is 3.70. The van der Waals surface area contributed by atoms with Gasteiger partial charge in [0.2, 0.25) is 0 Å². The standard InChI is InChI=1S/C11H14N2O2/c1-15-8-4-5-9(10(12)6-8)11(14)13-7-2-3-7/h4-7H,2-3,12H2,1H3,(H,13,14). The highest BCUT2D eigenvalue weighted by atomic mass is 16.5. The molecule has 0 spiro atoms. The molecule has 0 saturated heterocycles. The average Bonchev–Trinajstić information content (AvgIpc) is 3.01. The predicted molar refractivity (Wildman–Crippen MR) is 57.9 cm³/mol. The van der Waals surface area contributed by atoms with Crippen molar-refractivity contribution in [3.8, 4) is 5.75 Å². The van der Waals surface area contributed by atoms with Gasteiger partial charge in [-0.2, -0.15) is 0 Å². The van der Waals surface area contributed by atoms with Crippen LogP contribution in [0.2, 0.25) is 0 Å². The molecule has 4 nitrogen and oxygen atoms in total. The summed E-state index contributed by atoms with van der Waals surface area (Å²) in [4.78, 5) is 11.7. The van der Waals surface area contributed by atoms with Crippen LogP contribution in [0.5, 0.6) is 5.75 Å². The van der Waals surface area contributed by atoms with Crippen LogP contribution in [0.15, 0.2) is 18.2 Å². The van der Waals surface area contributed by atoms with E-state index in [4.69, 9.17) is 10.5 Å². The van der Waals surface area contributed by atoms with E-state index in [-0.39, 0.29) is 5.91 Å². The van der Waals surface area contributed by atoms with E-state index < -0.39 is 0 Å². The van der Waals surface area contributed by atoms with Crippen molar-refractivity contribution in [3.05, 3.63) is 23.8 Å². The van der Waals surface area contributed by atoms with Crippen molar-refractivity contribution in [2.24, 2.45) is 0 Å². The predicted octanol–water partition coefficient (Wildman–Crippen LogP) is 1.17. The van der Waals surface area contributed by atoms with Gasteiger partial charge in [-0.05, 0) is 25.0 Å². The Hall–Kier alpha value is -1.71. The smallest absolute Gasteiger partial charge is 0.253 e. The van der Waals surface area contributed by atoms with Gasteiger partial charge in [0.05, 0.1) is 12.7 Å². The fourth-order valence-corrected chi connectivity index (χ4v) is 1.37. The van der Waals surface area contributed by atoms with Crippen molar-refractivity contribution in [1.82, 2.24) is 5.32 Å². The number of rotatable bonds is 3. The normalized spacial score (nSPS) is 14.7. The third-order valence-electron chi connectivity index (χ3n) is 2.42. The summed E-state index contributed by atoms with van der Waals surface area (Å²) < 4.78 is 5.01. The largest absolute Gasteiger partial charge is 0.497 e. The zero-order chi connectivity index (χ0) is 10.8. The van der Waals surface area contributed by atoms with Crippen LogP contribution in [0, 0.1) is 0 Å². The SMILES string of the molecule is COc1ccc(C(=O)NC2CC2)c(N)c1. The third kappa shape index (κ3) is 2.21. The van der Waals surface area contributed by atoms with Gasteiger partial charge in [-0.1, -0.05) is 0 Å². The van der Waals surface area contributed by atoms with Crippen LogP contribution in [0.25, 0.3) is 0 Å². The van der Waals surface area contributed by atoms with E-state index in [1.54, 1.807) is 25.3 Å². The molecule has 0 unspecified atom stereocenters. The molecule has 0 aliphatic heterocycles. The lowest BCUT2D eigenvalue weighted by molar-refractivity contribution is 0.0952. The molecule has 1 aromatic carbocycles. The molecule has 1 amide bonds. The van der Waals surface area contributed by atoms with E-state index >= 15 is 0 Å². The Labute approximate surface area is 88.4 Å². The number of anilines is 1. The molecule has 2 rings (SSSR count). The number of nitrogens with two attached hydrogens (primary N) is 1. The molecule has 0 heterocycles. The molecule has 1 saturated carbocycles. The van der Waals surface area contributed by atoms with E-state index in [1.807, 2.05) is 0 Å². The second-order valence-corrected chi connectivity index (χ2v) is 3.70. The first-order valence-electron chi connectivity index (χ1n) is 4.95. The third-order valence-corrected chi connectivity index (χ3v) is 2.42. The van der Waals surface area contributed by atoms with Crippen LogP contribution < -0.4 is 15.8 Å². The van der Waals surface area contributed by atoms with Gasteiger partial charge in [0, 0.05) is 17.8 Å². The molecule has 4 heteroatoms. The highest BCUT2D eigenvalue weighted by Crippen LogP contribution is 2.22. The second kappa shape index (κ2) is 3.81. The number of nitrogens with one attached hydrogen (secondary N) is 1. The Morgan fingerprint density at radius 1 is 1.53 bits per heavy atom. The minimum Gasteiger partial charge on any atom is -0.497 e. The maximum Gasteiger partial charge on any atom is 0.253 e. The number of hydrogen-bond acceptors (Lipinski definition) is 3. The summed E-state index contributed by atoms with van der Waals surface area (Å²) in [6.07, 6.45) is 2.14. The molecule has 0 aromatic heterocycles. The molecule has 15 heavy (non-hydrogen) atoms. The van der Waals surface area contributed by atoms with E-state index in [9.17, 15) is 4.79 Å². The molecular formula is C11H14N2O2. The van der Waals surface area contributed by atoms with Crippen LogP contribution in [-0.4, -0.2) is 19.1 Å². The van der Waals surface area contributed by atoms with Gasteiger partial charge in [0.15, 0.2) is 0 Å². The quantitative estimate of drug-likeness (QED) is 0.730. The molecule has 0 bridgehead atoms. The fraction of sp³-hybridized carbons (Fsp3) is 0.364. The lowest BCUT2D eigenvalue weighted by Gasteiger charge is -2.07. The Kier molecular flexibility index (Phi) is 2.49. The zero-order valence-corrected chi connectivity index (χ0v) is 8.62. The number of ether oxygens (including phenoxy) is 1. The molecule has 3 N–H and O–H groups in total. The summed E-state index contributed by atoms with van der Waals surface area (Å²) in [7, 11) is 1.57. The van der Waals surface area contributed by atoms with Gasteiger partial charge >= 0.3 is 0 Å². The maximum atomic E-state index is 11.7. The van der Waals surface area contributed by atoms with Gasteiger partial charge in [0.1, 0.15) is 5.75 Å². The molecule has 80 valence electrons. The number of benzene rings is 1. The highest BCUT2D eigenvalue weighted by molar-refractivity contribution is 5.99. The van der Waals surface area contributed by atoms with Gasteiger partial charge in [0.25, 0.3) is 5.91 Å². The first-order valence-corrected chi connectivity index (χ1v) is 4.95. The molecule has 1 fully saturated rings. The van der Waals surface area contributed by atoms with Crippen LogP contribution in [-0.2, 0) is 0 Å². The Bertz CT molecular complexity index is 386. The van der Waals surface area contributed by atoms with Crippen molar-refractivity contribution in [3.63, 3.8) is 0 Å². The topological polar surface area (TPSA) is 64.3 Å². The van der Waals surface area contributed by atoms with E-state index in [0.717, 1.165) is 12.8 Å². The highest BCUT2D eigenvalue weighted by Gasteiger charge is 2.24. The van der Waals surface area contributed by atoms with Crippen LogP contribution in [0.4, 0.5) is 5.69 Å². The molecule has 1 aromatic rings. The monoisotopic (exact) mass is 206 g/mol. The zero-order valence-electron chi connectivity index (χ0n) is 8.62. The molecule has 1 aliphatic carbocycles. The molecule has 1 aliphatic rings. The number of carbonyl (C=O) groups is 1. The van der Waals surface area contributed by atoms with Crippen LogP contribution in [0.3, 0.4) is 0 Å². The van der Waals surface area contributed by atoms with Crippen molar-refractivity contribution >= 4 is 11.6 Å². The van der Waals surface area contributed by atoms with E-state index in [2.05, 4.69) is 5.32 Å². The lowest BCUT2D eigenvalue weighted by atomic mass is 10.1. The van der Waals surface area contributed by atoms with Crippen molar-refractivity contribution in [2.75, 3.05) is 12.8 Å². The summed E-state index contributed by atoms with van der Waals surface area (Å²) in [6.45, 7) is 0. The summed E-state index contributed by atoms with van der Waals surface area (Å²) in [5, 5.41) is 2.89. The number of amides is 1. The lowest BCUT2D eigenvalue weighted by Crippen LogP contribution is -2.26. The Morgan fingerprint density at radius 3 is 2.80 bits per heavy atom. The minimum absolute atomic E-state index is 0.0994. The summed E-state index contributed by atoms with van der Waals surface area (Å²) in [5.41, 5.74) is 6.72. The van der Waals surface area contributed by atoms with Gasteiger partial charge in [-0.25, -0.2) is 0 Å². The van der Waals surface area contributed by atoms with Crippen LogP contribution >= 0.6 is 0 Å². The first-order chi connectivity index (χ1) is 7.20. The number of carbonyl (C=O) groups excluding carboxylic acids is 1. The number of methoxy groups -OCH3 is 1. The van der Waals surface area contributed by atoms with E-state index in [1.165, 1.54) is 0 Å². The Balaban J connectivity index is 2.15. The van der Waals surface area contributed by atoms with Crippen molar-refractivity contribution in [1.29, 1.82) is 0 Å². The molecular weight excluding hydrogens is 192 g/mol. The summed E-state index contributed by atoms with van der Waals surface area (Å²) in [5.74, 6) is 0.563. The summed E-state index contributed by atoms with van der Waals surface area (Å²) in [6, 6.07) is 5.42.